The standard InChI is InChI=1S/C13H23N3O2/c1-4-6-16-13(11(17-3)8-15-16)12(14-2)10-5-7-18-9-10/h8,10,12,14H,4-7,9H2,1-3H3. The summed E-state index contributed by atoms with van der Waals surface area (Å²) in [6.45, 7) is 4.74. The lowest BCUT2D eigenvalue weighted by Gasteiger charge is -2.23. The molecule has 2 atom stereocenters. The zero-order chi connectivity index (χ0) is 13.0. The van der Waals surface area contributed by atoms with Gasteiger partial charge in [0.05, 0.1) is 31.6 Å². The highest BCUT2D eigenvalue weighted by Gasteiger charge is 2.30. The summed E-state index contributed by atoms with van der Waals surface area (Å²) in [5.74, 6) is 1.37. The smallest absolute Gasteiger partial charge is 0.161 e. The van der Waals surface area contributed by atoms with Gasteiger partial charge < -0.3 is 14.8 Å². The van der Waals surface area contributed by atoms with Gasteiger partial charge in [-0.05, 0) is 19.9 Å². The van der Waals surface area contributed by atoms with Crippen LogP contribution in [-0.2, 0) is 11.3 Å². The molecule has 5 heteroatoms. The SMILES string of the molecule is CCCn1ncc(OC)c1C(NC)C1CCOC1. The first-order valence-electron chi connectivity index (χ1n) is 6.66. The molecule has 0 aromatic carbocycles. The molecule has 5 nitrogen and oxygen atoms in total. The molecule has 1 N–H and O–H groups in total. The Bertz CT molecular complexity index is 372. The number of aromatic nitrogens is 2. The summed E-state index contributed by atoms with van der Waals surface area (Å²) in [6, 6.07) is 0.247. The van der Waals surface area contributed by atoms with Crippen molar-refractivity contribution in [2.75, 3.05) is 27.4 Å². The first-order valence-corrected chi connectivity index (χ1v) is 6.66. The molecule has 2 rings (SSSR count). The Morgan fingerprint density at radius 2 is 2.50 bits per heavy atom. The van der Waals surface area contributed by atoms with Crippen molar-refractivity contribution in [1.29, 1.82) is 0 Å². The van der Waals surface area contributed by atoms with Crippen molar-refractivity contribution < 1.29 is 9.47 Å². The van der Waals surface area contributed by atoms with E-state index in [9.17, 15) is 0 Å². The van der Waals surface area contributed by atoms with E-state index in [4.69, 9.17) is 9.47 Å². The van der Waals surface area contributed by atoms with Gasteiger partial charge in [-0.15, -0.1) is 0 Å². The van der Waals surface area contributed by atoms with Crippen LogP contribution < -0.4 is 10.1 Å². The molecular formula is C13H23N3O2. The van der Waals surface area contributed by atoms with E-state index < -0.39 is 0 Å². The predicted molar refractivity (Wildman–Crippen MR) is 69.8 cm³/mol. The summed E-state index contributed by atoms with van der Waals surface area (Å²) >= 11 is 0. The molecule has 0 bridgehead atoms. The highest BCUT2D eigenvalue weighted by atomic mass is 16.5. The van der Waals surface area contributed by atoms with Crippen LogP contribution in [0.4, 0.5) is 0 Å². The van der Waals surface area contributed by atoms with E-state index in [0.29, 0.717) is 5.92 Å². The Hall–Kier alpha value is -1.07. The minimum absolute atomic E-state index is 0.247. The predicted octanol–water partition coefficient (Wildman–Crippen LogP) is 1.60. The Kier molecular flexibility index (Phi) is 4.60. The fourth-order valence-corrected chi connectivity index (χ4v) is 2.65. The number of ether oxygens (including phenoxy) is 2. The number of rotatable bonds is 6. The molecule has 1 aromatic rings. The van der Waals surface area contributed by atoms with E-state index in [0.717, 1.165) is 44.0 Å². The molecule has 102 valence electrons. The molecule has 2 unspecified atom stereocenters. The lowest BCUT2D eigenvalue weighted by atomic mass is 9.95. The minimum atomic E-state index is 0.247. The number of nitrogens with one attached hydrogen (secondary N) is 1. The second kappa shape index (κ2) is 6.20. The van der Waals surface area contributed by atoms with Gasteiger partial charge in [0.25, 0.3) is 0 Å². The van der Waals surface area contributed by atoms with Gasteiger partial charge >= 0.3 is 0 Å². The molecule has 1 aromatic heterocycles. The molecule has 2 heterocycles. The van der Waals surface area contributed by atoms with E-state index in [1.807, 2.05) is 13.2 Å². The fourth-order valence-electron chi connectivity index (χ4n) is 2.65. The molecule has 1 aliphatic rings. The highest BCUT2D eigenvalue weighted by Crippen LogP contribution is 2.33. The average Bonchev–Trinajstić information content (AvgIpc) is 3.02. The quantitative estimate of drug-likeness (QED) is 0.836. The van der Waals surface area contributed by atoms with Crippen molar-refractivity contribution in [3.8, 4) is 5.75 Å². The van der Waals surface area contributed by atoms with Gasteiger partial charge in [0.1, 0.15) is 0 Å². The molecular weight excluding hydrogens is 230 g/mol. The Balaban J connectivity index is 2.29. The zero-order valence-electron chi connectivity index (χ0n) is 11.5. The van der Waals surface area contributed by atoms with Gasteiger partial charge in [-0.3, -0.25) is 4.68 Å². The summed E-state index contributed by atoms with van der Waals surface area (Å²) in [7, 11) is 3.69. The second-order valence-electron chi connectivity index (χ2n) is 4.71. The molecule has 1 fully saturated rings. The Morgan fingerprint density at radius 3 is 3.06 bits per heavy atom. The van der Waals surface area contributed by atoms with Gasteiger partial charge in [0.15, 0.2) is 5.75 Å². The maximum atomic E-state index is 5.50. The van der Waals surface area contributed by atoms with Crippen molar-refractivity contribution in [3.63, 3.8) is 0 Å². The summed E-state index contributed by atoms with van der Waals surface area (Å²) in [6.07, 6.45) is 3.96. The van der Waals surface area contributed by atoms with Crippen LogP contribution in [0.15, 0.2) is 6.20 Å². The van der Waals surface area contributed by atoms with E-state index in [2.05, 4.69) is 22.0 Å². The first kappa shape index (κ1) is 13.4. The molecule has 1 saturated heterocycles. The fraction of sp³-hybridized carbons (Fsp3) is 0.769. The third kappa shape index (κ3) is 2.52. The molecule has 0 saturated carbocycles. The molecule has 18 heavy (non-hydrogen) atoms. The number of aryl methyl sites for hydroxylation is 1. The van der Waals surface area contributed by atoms with Gasteiger partial charge in [0, 0.05) is 19.1 Å². The number of methoxy groups -OCH3 is 1. The van der Waals surface area contributed by atoms with Crippen molar-refractivity contribution in [2.24, 2.45) is 5.92 Å². The van der Waals surface area contributed by atoms with Crippen molar-refractivity contribution >= 4 is 0 Å². The van der Waals surface area contributed by atoms with E-state index in [1.54, 1.807) is 7.11 Å². The lowest BCUT2D eigenvalue weighted by Crippen LogP contribution is -2.28. The van der Waals surface area contributed by atoms with Gasteiger partial charge in [-0.1, -0.05) is 6.92 Å². The molecule has 1 aliphatic heterocycles. The van der Waals surface area contributed by atoms with Crippen LogP contribution in [0.25, 0.3) is 0 Å². The van der Waals surface area contributed by atoms with Crippen LogP contribution in [0.3, 0.4) is 0 Å². The van der Waals surface area contributed by atoms with Crippen molar-refractivity contribution in [3.05, 3.63) is 11.9 Å². The molecule has 0 radical (unpaired) electrons. The topological polar surface area (TPSA) is 48.3 Å². The summed E-state index contributed by atoms with van der Waals surface area (Å²) in [5.41, 5.74) is 1.15. The van der Waals surface area contributed by atoms with Crippen LogP contribution in [-0.4, -0.2) is 37.2 Å². The van der Waals surface area contributed by atoms with Crippen molar-refractivity contribution in [1.82, 2.24) is 15.1 Å². The van der Waals surface area contributed by atoms with E-state index in [1.165, 1.54) is 0 Å². The highest BCUT2D eigenvalue weighted by molar-refractivity contribution is 5.29. The zero-order valence-corrected chi connectivity index (χ0v) is 11.5. The van der Waals surface area contributed by atoms with E-state index in [-0.39, 0.29) is 6.04 Å². The van der Waals surface area contributed by atoms with Crippen LogP contribution in [0.1, 0.15) is 31.5 Å². The molecule has 0 amide bonds. The van der Waals surface area contributed by atoms with Crippen molar-refractivity contribution in [2.45, 2.75) is 32.4 Å². The van der Waals surface area contributed by atoms with Crippen LogP contribution >= 0.6 is 0 Å². The van der Waals surface area contributed by atoms with E-state index >= 15 is 0 Å². The third-order valence-corrected chi connectivity index (χ3v) is 3.54. The van der Waals surface area contributed by atoms with Gasteiger partial charge in [0.2, 0.25) is 0 Å². The maximum Gasteiger partial charge on any atom is 0.161 e. The Labute approximate surface area is 108 Å². The average molecular weight is 253 g/mol. The largest absolute Gasteiger partial charge is 0.493 e. The minimum Gasteiger partial charge on any atom is -0.493 e. The number of hydrogen-bond donors (Lipinski definition) is 1. The summed E-state index contributed by atoms with van der Waals surface area (Å²) in [5, 5.41) is 7.83. The number of nitrogens with zero attached hydrogens (tertiary/aromatic N) is 2. The van der Waals surface area contributed by atoms with Crippen LogP contribution in [0.5, 0.6) is 5.75 Å². The van der Waals surface area contributed by atoms with Crippen LogP contribution in [0.2, 0.25) is 0 Å². The van der Waals surface area contributed by atoms with Gasteiger partial charge in [-0.2, -0.15) is 5.10 Å². The Morgan fingerprint density at radius 1 is 1.67 bits per heavy atom. The normalized spacial score (nSPS) is 21.2. The lowest BCUT2D eigenvalue weighted by molar-refractivity contribution is 0.176. The number of hydrogen-bond acceptors (Lipinski definition) is 4. The van der Waals surface area contributed by atoms with Gasteiger partial charge in [-0.25, -0.2) is 0 Å². The maximum absolute atomic E-state index is 5.50. The first-order chi connectivity index (χ1) is 8.81. The molecule has 0 spiro atoms. The second-order valence-corrected chi connectivity index (χ2v) is 4.71. The molecule has 0 aliphatic carbocycles. The summed E-state index contributed by atoms with van der Waals surface area (Å²) in [4.78, 5) is 0. The third-order valence-electron chi connectivity index (χ3n) is 3.54. The monoisotopic (exact) mass is 253 g/mol. The summed E-state index contributed by atoms with van der Waals surface area (Å²) < 4.78 is 13.0. The van der Waals surface area contributed by atoms with Crippen LogP contribution in [0, 0.1) is 5.92 Å².